The zero-order valence-electron chi connectivity index (χ0n) is 11.2. The summed E-state index contributed by atoms with van der Waals surface area (Å²) in [5, 5.41) is 4.57. The van der Waals surface area contributed by atoms with E-state index in [4.69, 9.17) is 12.2 Å². The fourth-order valence-corrected chi connectivity index (χ4v) is 2.75. The average Bonchev–Trinajstić information content (AvgIpc) is 2.77. The number of likely N-dealkylation sites (N-methyl/N-ethyl adjacent to an activating group) is 1. The van der Waals surface area contributed by atoms with Crippen LogP contribution in [0.15, 0.2) is 24.4 Å². The highest BCUT2D eigenvalue weighted by molar-refractivity contribution is 7.71. The standard InChI is InChI=1S/C13H19N5S/c1-2-15-7-9-16(10-8-15)11-18-13(19)17-6-4-3-5-12(17)14-18/h3-6H,2,7-11H2,1H3. The van der Waals surface area contributed by atoms with Crippen LogP contribution in [0.4, 0.5) is 0 Å². The molecule has 1 aliphatic rings. The molecule has 3 heterocycles. The summed E-state index contributed by atoms with van der Waals surface area (Å²) in [5.41, 5.74) is 0.916. The minimum Gasteiger partial charge on any atom is -0.301 e. The Morgan fingerprint density at radius 1 is 1.16 bits per heavy atom. The van der Waals surface area contributed by atoms with Crippen molar-refractivity contribution in [1.82, 2.24) is 24.0 Å². The molecule has 6 heteroatoms. The second kappa shape index (κ2) is 5.40. The Kier molecular flexibility index (Phi) is 3.63. The monoisotopic (exact) mass is 277 g/mol. The van der Waals surface area contributed by atoms with Crippen LogP contribution in [0.2, 0.25) is 0 Å². The molecule has 2 aromatic rings. The van der Waals surface area contributed by atoms with E-state index in [1.165, 1.54) is 0 Å². The maximum atomic E-state index is 5.47. The summed E-state index contributed by atoms with van der Waals surface area (Å²) in [4.78, 5) is 4.88. The zero-order valence-corrected chi connectivity index (χ0v) is 12.0. The Hall–Kier alpha value is -1.24. The molecule has 1 saturated heterocycles. The summed E-state index contributed by atoms with van der Waals surface area (Å²) in [5.74, 6) is 0. The topological polar surface area (TPSA) is 28.7 Å². The molecule has 0 unspecified atom stereocenters. The lowest BCUT2D eigenvalue weighted by Crippen LogP contribution is -2.46. The molecule has 102 valence electrons. The minimum atomic E-state index is 0.772. The molecule has 19 heavy (non-hydrogen) atoms. The van der Waals surface area contributed by atoms with Gasteiger partial charge in [-0.15, -0.1) is 0 Å². The molecular formula is C13H19N5S. The smallest absolute Gasteiger partial charge is 0.203 e. The first kappa shape index (κ1) is 12.8. The number of piperazine rings is 1. The van der Waals surface area contributed by atoms with Crippen molar-refractivity contribution >= 4 is 17.9 Å². The van der Waals surface area contributed by atoms with E-state index in [0.29, 0.717) is 0 Å². The quantitative estimate of drug-likeness (QED) is 0.794. The van der Waals surface area contributed by atoms with E-state index in [1.807, 2.05) is 33.5 Å². The van der Waals surface area contributed by atoms with Crippen LogP contribution in [0.1, 0.15) is 6.92 Å². The van der Waals surface area contributed by atoms with Crippen molar-refractivity contribution in [3.05, 3.63) is 29.2 Å². The fourth-order valence-electron chi connectivity index (χ4n) is 2.50. The van der Waals surface area contributed by atoms with Gasteiger partial charge in [0.2, 0.25) is 4.77 Å². The van der Waals surface area contributed by atoms with Crippen LogP contribution < -0.4 is 0 Å². The van der Waals surface area contributed by atoms with Gasteiger partial charge < -0.3 is 4.90 Å². The highest BCUT2D eigenvalue weighted by Crippen LogP contribution is 2.06. The van der Waals surface area contributed by atoms with Gasteiger partial charge in [-0.25, -0.2) is 4.68 Å². The summed E-state index contributed by atoms with van der Waals surface area (Å²) in [6, 6.07) is 5.96. The van der Waals surface area contributed by atoms with Gasteiger partial charge in [-0.1, -0.05) is 13.0 Å². The molecule has 0 spiro atoms. The normalized spacial score (nSPS) is 18.2. The molecule has 1 fully saturated rings. The van der Waals surface area contributed by atoms with Gasteiger partial charge in [0.15, 0.2) is 5.65 Å². The van der Waals surface area contributed by atoms with Crippen molar-refractivity contribution in [2.75, 3.05) is 32.7 Å². The zero-order chi connectivity index (χ0) is 13.2. The highest BCUT2D eigenvalue weighted by atomic mass is 32.1. The van der Waals surface area contributed by atoms with Crippen LogP contribution in [0, 0.1) is 4.77 Å². The third kappa shape index (κ3) is 2.56. The van der Waals surface area contributed by atoms with Crippen LogP contribution in [-0.2, 0) is 6.67 Å². The van der Waals surface area contributed by atoms with E-state index in [9.17, 15) is 0 Å². The van der Waals surface area contributed by atoms with Gasteiger partial charge in [0, 0.05) is 32.4 Å². The Bertz CT molecular complexity index is 609. The molecule has 5 nitrogen and oxygen atoms in total. The average molecular weight is 277 g/mol. The van der Waals surface area contributed by atoms with Crippen LogP contribution >= 0.6 is 12.2 Å². The summed E-state index contributed by atoms with van der Waals surface area (Å²) in [6.07, 6.45) is 1.97. The lowest BCUT2D eigenvalue weighted by molar-refractivity contribution is 0.106. The van der Waals surface area contributed by atoms with E-state index in [2.05, 4.69) is 21.8 Å². The lowest BCUT2D eigenvalue weighted by atomic mass is 10.3. The van der Waals surface area contributed by atoms with Crippen molar-refractivity contribution in [3.63, 3.8) is 0 Å². The Labute approximate surface area is 118 Å². The number of fused-ring (bicyclic) bond motifs is 1. The van der Waals surface area contributed by atoms with Crippen molar-refractivity contribution in [2.45, 2.75) is 13.6 Å². The summed E-state index contributed by atoms with van der Waals surface area (Å²) >= 11 is 5.47. The molecule has 2 aromatic heterocycles. The van der Waals surface area contributed by atoms with Crippen LogP contribution in [0.5, 0.6) is 0 Å². The molecular weight excluding hydrogens is 258 g/mol. The van der Waals surface area contributed by atoms with Gasteiger partial charge in [0.25, 0.3) is 0 Å². The minimum absolute atomic E-state index is 0.772. The first-order valence-corrected chi connectivity index (χ1v) is 7.17. The number of aromatic nitrogens is 3. The molecule has 0 bridgehead atoms. The molecule has 0 aromatic carbocycles. The predicted octanol–water partition coefficient (Wildman–Crippen LogP) is 1.46. The molecule has 0 aliphatic carbocycles. The van der Waals surface area contributed by atoms with Gasteiger partial charge in [0.05, 0.1) is 6.67 Å². The largest absolute Gasteiger partial charge is 0.301 e. The van der Waals surface area contributed by atoms with Crippen LogP contribution in [0.25, 0.3) is 5.65 Å². The molecule has 0 N–H and O–H groups in total. The fraction of sp³-hybridized carbons (Fsp3) is 0.538. The molecule has 0 amide bonds. The maximum absolute atomic E-state index is 5.47. The number of nitrogens with zero attached hydrogens (tertiary/aromatic N) is 5. The predicted molar refractivity (Wildman–Crippen MR) is 77.7 cm³/mol. The second-order valence-electron chi connectivity index (χ2n) is 4.90. The molecule has 1 aliphatic heterocycles. The van der Waals surface area contributed by atoms with Gasteiger partial charge in [-0.3, -0.25) is 9.30 Å². The van der Waals surface area contributed by atoms with Gasteiger partial charge in [0.1, 0.15) is 0 Å². The van der Waals surface area contributed by atoms with E-state index >= 15 is 0 Å². The number of hydrogen-bond donors (Lipinski definition) is 0. The molecule has 0 saturated carbocycles. The second-order valence-corrected chi connectivity index (χ2v) is 5.27. The summed E-state index contributed by atoms with van der Waals surface area (Å²) in [7, 11) is 0. The third-order valence-electron chi connectivity index (χ3n) is 3.73. The SMILES string of the molecule is CCN1CCN(Cn2nc3ccccn3c2=S)CC1. The Morgan fingerprint density at radius 3 is 2.58 bits per heavy atom. The van der Waals surface area contributed by atoms with Gasteiger partial charge in [-0.2, -0.15) is 5.10 Å². The summed E-state index contributed by atoms with van der Waals surface area (Å²) in [6.45, 7) is 8.59. The van der Waals surface area contributed by atoms with Gasteiger partial charge in [-0.05, 0) is 30.9 Å². The Morgan fingerprint density at radius 2 is 1.89 bits per heavy atom. The van der Waals surface area contributed by atoms with Crippen LogP contribution in [-0.4, -0.2) is 56.7 Å². The van der Waals surface area contributed by atoms with Crippen LogP contribution in [0.3, 0.4) is 0 Å². The maximum Gasteiger partial charge on any atom is 0.203 e. The molecule has 0 atom stereocenters. The first-order chi connectivity index (χ1) is 9.28. The first-order valence-electron chi connectivity index (χ1n) is 6.77. The number of pyridine rings is 1. The lowest BCUT2D eigenvalue weighted by Gasteiger charge is -2.33. The molecule has 3 rings (SSSR count). The summed E-state index contributed by atoms with van der Waals surface area (Å²) < 4.78 is 4.65. The number of rotatable bonds is 3. The van der Waals surface area contributed by atoms with Crippen molar-refractivity contribution < 1.29 is 0 Å². The third-order valence-corrected chi connectivity index (χ3v) is 4.14. The van der Waals surface area contributed by atoms with E-state index in [-0.39, 0.29) is 0 Å². The van der Waals surface area contributed by atoms with Crippen molar-refractivity contribution in [3.8, 4) is 0 Å². The number of hydrogen-bond acceptors (Lipinski definition) is 4. The van der Waals surface area contributed by atoms with E-state index in [1.54, 1.807) is 0 Å². The van der Waals surface area contributed by atoms with Crippen molar-refractivity contribution in [2.24, 2.45) is 0 Å². The molecule has 0 radical (unpaired) electrons. The van der Waals surface area contributed by atoms with E-state index in [0.717, 1.165) is 49.8 Å². The Balaban J connectivity index is 1.75. The van der Waals surface area contributed by atoms with Crippen molar-refractivity contribution in [1.29, 1.82) is 0 Å². The van der Waals surface area contributed by atoms with E-state index < -0.39 is 0 Å². The van der Waals surface area contributed by atoms with Gasteiger partial charge >= 0.3 is 0 Å². The highest BCUT2D eigenvalue weighted by Gasteiger charge is 2.16.